The summed E-state index contributed by atoms with van der Waals surface area (Å²) in [6.07, 6.45) is 1.10. The molecule has 0 saturated carbocycles. The second-order valence-corrected chi connectivity index (χ2v) is 6.91. The summed E-state index contributed by atoms with van der Waals surface area (Å²) in [6, 6.07) is 0. The minimum Gasteiger partial charge on any atom is -0.329 e. The summed E-state index contributed by atoms with van der Waals surface area (Å²) >= 11 is 0. The van der Waals surface area contributed by atoms with Crippen molar-refractivity contribution in [2.24, 2.45) is 22.5 Å². The Morgan fingerprint density at radius 1 is 1.22 bits per heavy atom. The molecule has 1 fully saturated rings. The van der Waals surface area contributed by atoms with E-state index in [0.29, 0.717) is 19.5 Å². The van der Waals surface area contributed by atoms with E-state index in [9.17, 15) is 9.59 Å². The molecule has 0 radical (unpaired) electrons. The van der Waals surface area contributed by atoms with Gasteiger partial charge in [0.1, 0.15) is 0 Å². The number of imide groups is 1. The molecule has 1 rings (SSSR count). The van der Waals surface area contributed by atoms with Crippen molar-refractivity contribution < 1.29 is 9.59 Å². The first-order valence-electron chi connectivity index (χ1n) is 6.64. The molecule has 4 heteroatoms. The Balaban J connectivity index is 2.77. The van der Waals surface area contributed by atoms with Gasteiger partial charge in [-0.05, 0) is 17.3 Å². The van der Waals surface area contributed by atoms with Gasteiger partial charge < -0.3 is 5.73 Å². The van der Waals surface area contributed by atoms with Crippen LogP contribution in [0.15, 0.2) is 0 Å². The lowest BCUT2D eigenvalue weighted by Gasteiger charge is -2.40. The topological polar surface area (TPSA) is 63.4 Å². The van der Waals surface area contributed by atoms with Crippen LogP contribution in [-0.2, 0) is 9.59 Å². The lowest BCUT2D eigenvalue weighted by atomic mass is 9.65. The second kappa shape index (κ2) is 5.00. The predicted molar refractivity (Wildman–Crippen MR) is 71.7 cm³/mol. The minimum absolute atomic E-state index is 0.0202. The molecule has 1 aliphatic heterocycles. The van der Waals surface area contributed by atoms with Gasteiger partial charge in [-0.2, -0.15) is 0 Å². The first kappa shape index (κ1) is 15.2. The van der Waals surface area contributed by atoms with Gasteiger partial charge in [0.25, 0.3) is 0 Å². The van der Waals surface area contributed by atoms with Gasteiger partial charge in [-0.15, -0.1) is 0 Å². The Morgan fingerprint density at radius 2 is 1.78 bits per heavy atom. The molecule has 1 atom stereocenters. The van der Waals surface area contributed by atoms with Gasteiger partial charge in [-0.3, -0.25) is 14.5 Å². The summed E-state index contributed by atoms with van der Waals surface area (Å²) in [5.74, 6) is -0.277. The zero-order valence-corrected chi connectivity index (χ0v) is 12.2. The first-order chi connectivity index (χ1) is 8.10. The molecule has 0 aliphatic carbocycles. The third-order valence-electron chi connectivity index (χ3n) is 4.48. The monoisotopic (exact) mass is 254 g/mol. The molecule has 1 aliphatic rings. The van der Waals surface area contributed by atoms with Crippen LogP contribution in [0.1, 0.15) is 47.5 Å². The number of nitrogens with two attached hydrogens (primary N) is 1. The van der Waals surface area contributed by atoms with Crippen molar-refractivity contribution in [2.45, 2.75) is 47.5 Å². The van der Waals surface area contributed by atoms with Gasteiger partial charge in [0, 0.05) is 25.4 Å². The zero-order chi connectivity index (χ0) is 14.1. The molecule has 0 spiro atoms. The SMILES string of the molecule is CC(C)(C)C(C)(C)CC1CC(=O)N(CCN)C1=O. The normalized spacial score (nSPS) is 21.9. The molecule has 1 saturated heterocycles. The lowest BCUT2D eigenvalue weighted by molar-refractivity contribution is -0.139. The van der Waals surface area contributed by atoms with Crippen LogP contribution in [0.4, 0.5) is 0 Å². The van der Waals surface area contributed by atoms with E-state index in [1.165, 1.54) is 4.90 Å². The Bertz CT molecular complexity index is 342. The third kappa shape index (κ3) is 2.91. The Labute approximate surface area is 110 Å². The van der Waals surface area contributed by atoms with E-state index in [-0.39, 0.29) is 28.6 Å². The summed E-state index contributed by atoms with van der Waals surface area (Å²) in [4.78, 5) is 25.3. The van der Waals surface area contributed by atoms with Gasteiger partial charge in [0.05, 0.1) is 0 Å². The number of nitrogens with zero attached hydrogens (tertiary/aromatic N) is 1. The van der Waals surface area contributed by atoms with E-state index in [0.717, 1.165) is 6.42 Å². The number of likely N-dealkylation sites (tertiary alicyclic amines) is 1. The van der Waals surface area contributed by atoms with E-state index in [1.54, 1.807) is 0 Å². The second-order valence-electron chi connectivity index (χ2n) is 6.91. The van der Waals surface area contributed by atoms with Crippen molar-refractivity contribution in [1.82, 2.24) is 4.90 Å². The Morgan fingerprint density at radius 3 is 2.22 bits per heavy atom. The highest BCUT2D eigenvalue weighted by Crippen LogP contribution is 2.44. The number of rotatable bonds is 4. The van der Waals surface area contributed by atoms with E-state index >= 15 is 0 Å². The van der Waals surface area contributed by atoms with Crippen LogP contribution in [0.5, 0.6) is 0 Å². The molecule has 104 valence electrons. The maximum Gasteiger partial charge on any atom is 0.232 e. The summed E-state index contributed by atoms with van der Waals surface area (Å²) in [6.45, 7) is 11.5. The summed E-state index contributed by atoms with van der Waals surface area (Å²) in [5, 5.41) is 0. The molecular formula is C14H26N2O2. The fraction of sp³-hybridized carbons (Fsp3) is 0.857. The average molecular weight is 254 g/mol. The molecule has 0 aromatic rings. The van der Waals surface area contributed by atoms with E-state index in [2.05, 4.69) is 34.6 Å². The lowest BCUT2D eigenvalue weighted by Crippen LogP contribution is -2.37. The van der Waals surface area contributed by atoms with Crippen molar-refractivity contribution >= 4 is 11.8 Å². The molecule has 0 aromatic heterocycles. The van der Waals surface area contributed by atoms with Gasteiger partial charge in [0.15, 0.2) is 0 Å². The molecule has 0 bridgehead atoms. The number of carbonyl (C=O) groups is 2. The largest absolute Gasteiger partial charge is 0.329 e. The van der Waals surface area contributed by atoms with Gasteiger partial charge in [-0.25, -0.2) is 0 Å². The molecular weight excluding hydrogens is 228 g/mol. The van der Waals surface area contributed by atoms with Crippen molar-refractivity contribution in [1.29, 1.82) is 0 Å². The summed E-state index contributed by atoms with van der Waals surface area (Å²) < 4.78 is 0. The van der Waals surface area contributed by atoms with E-state index in [1.807, 2.05) is 0 Å². The summed E-state index contributed by atoms with van der Waals surface area (Å²) in [5.41, 5.74) is 5.56. The van der Waals surface area contributed by atoms with Crippen molar-refractivity contribution in [2.75, 3.05) is 13.1 Å². The molecule has 2 N–H and O–H groups in total. The zero-order valence-electron chi connectivity index (χ0n) is 12.2. The fourth-order valence-electron chi connectivity index (χ4n) is 2.20. The standard InChI is InChI=1S/C14H26N2O2/c1-13(2,3)14(4,5)9-10-8-11(17)16(7-6-15)12(10)18/h10H,6-9,15H2,1-5H3. The van der Waals surface area contributed by atoms with E-state index in [4.69, 9.17) is 5.73 Å². The van der Waals surface area contributed by atoms with Crippen LogP contribution in [-0.4, -0.2) is 29.8 Å². The Hall–Kier alpha value is -0.900. The minimum atomic E-state index is -0.168. The Kier molecular flexibility index (Phi) is 4.21. The van der Waals surface area contributed by atoms with Crippen LogP contribution in [0, 0.1) is 16.7 Å². The number of carbonyl (C=O) groups excluding carboxylic acids is 2. The smallest absolute Gasteiger partial charge is 0.232 e. The number of hydrogen-bond acceptors (Lipinski definition) is 3. The number of amides is 2. The maximum absolute atomic E-state index is 12.2. The quantitative estimate of drug-likeness (QED) is 0.778. The molecule has 4 nitrogen and oxygen atoms in total. The average Bonchev–Trinajstić information content (AvgIpc) is 2.44. The molecule has 1 unspecified atom stereocenters. The number of hydrogen-bond donors (Lipinski definition) is 1. The predicted octanol–water partition coefficient (Wildman–Crippen LogP) is 1.78. The van der Waals surface area contributed by atoms with Crippen LogP contribution < -0.4 is 5.73 Å². The highest BCUT2D eigenvalue weighted by atomic mass is 16.2. The maximum atomic E-state index is 12.2. The highest BCUT2D eigenvalue weighted by molar-refractivity contribution is 6.03. The fourth-order valence-corrected chi connectivity index (χ4v) is 2.20. The van der Waals surface area contributed by atoms with Gasteiger partial charge in [0.2, 0.25) is 11.8 Å². The summed E-state index contributed by atoms with van der Waals surface area (Å²) in [7, 11) is 0. The van der Waals surface area contributed by atoms with Crippen LogP contribution >= 0.6 is 0 Å². The third-order valence-corrected chi connectivity index (χ3v) is 4.48. The molecule has 18 heavy (non-hydrogen) atoms. The first-order valence-corrected chi connectivity index (χ1v) is 6.64. The molecule has 2 amide bonds. The van der Waals surface area contributed by atoms with Gasteiger partial charge in [-0.1, -0.05) is 34.6 Å². The van der Waals surface area contributed by atoms with Crippen LogP contribution in [0.2, 0.25) is 0 Å². The molecule has 1 heterocycles. The van der Waals surface area contributed by atoms with Gasteiger partial charge >= 0.3 is 0 Å². The van der Waals surface area contributed by atoms with Crippen LogP contribution in [0.25, 0.3) is 0 Å². The molecule has 0 aromatic carbocycles. The van der Waals surface area contributed by atoms with Crippen LogP contribution in [0.3, 0.4) is 0 Å². The van der Waals surface area contributed by atoms with Crippen molar-refractivity contribution in [3.63, 3.8) is 0 Å². The van der Waals surface area contributed by atoms with Crippen molar-refractivity contribution in [3.05, 3.63) is 0 Å². The van der Waals surface area contributed by atoms with E-state index < -0.39 is 0 Å². The highest BCUT2D eigenvalue weighted by Gasteiger charge is 2.43. The van der Waals surface area contributed by atoms with Crippen molar-refractivity contribution in [3.8, 4) is 0 Å².